The normalized spacial score (nSPS) is 13.2. The predicted octanol–water partition coefficient (Wildman–Crippen LogP) is 11.6. The molecule has 0 saturated heterocycles. The number of pyridine rings is 1. The van der Waals surface area contributed by atoms with Gasteiger partial charge in [0, 0.05) is 43.8 Å². The molecule has 0 saturated carbocycles. The van der Waals surface area contributed by atoms with E-state index in [1.54, 1.807) is 0 Å². The van der Waals surface area contributed by atoms with Gasteiger partial charge in [-0.05, 0) is 34.9 Å². The average molecular weight is 682 g/mol. The van der Waals surface area contributed by atoms with Gasteiger partial charge in [-0.2, -0.15) is 9.97 Å². The Morgan fingerprint density at radius 3 is 1.79 bits per heavy atom. The van der Waals surface area contributed by atoms with Crippen molar-refractivity contribution in [3.8, 4) is 51.1 Å². The van der Waals surface area contributed by atoms with Crippen molar-refractivity contribution in [2.45, 2.75) is 19.3 Å². The summed E-state index contributed by atoms with van der Waals surface area (Å²) in [4.78, 5) is 20.6. The Kier molecular flexibility index (Phi) is 6.20. The Morgan fingerprint density at radius 2 is 1.08 bits per heavy atom. The quantitative estimate of drug-likeness (QED) is 0.185. The van der Waals surface area contributed by atoms with Gasteiger partial charge in [-0.25, -0.2) is 9.97 Å². The third kappa shape index (κ3) is 4.33. The maximum absolute atomic E-state index is 6.44. The van der Waals surface area contributed by atoms with Crippen LogP contribution in [-0.2, 0) is 5.41 Å². The zero-order valence-corrected chi connectivity index (χ0v) is 29.1. The SMILES string of the molecule is CC1(C)c2ccccc2-c2c1c(-c1ccc(-c3nc(-c4ccccc4)nc(-n4c5ccccc5c5ccccc54)n3)cc1)nc1oc3ccccc3c21. The van der Waals surface area contributed by atoms with Gasteiger partial charge in [0.1, 0.15) is 5.58 Å². The van der Waals surface area contributed by atoms with Gasteiger partial charge in [0.2, 0.25) is 11.7 Å². The van der Waals surface area contributed by atoms with Crippen LogP contribution in [0.3, 0.4) is 0 Å². The fraction of sp³-hybridized carbons (Fsp3) is 0.0638. The molecule has 0 fully saturated rings. The summed E-state index contributed by atoms with van der Waals surface area (Å²) in [6, 6.07) is 52.4. The van der Waals surface area contributed by atoms with Gasteiger partial charge in [0.25, 0.3) is 0 Å². The zero-order valence-electron chi connectivity index (χ0n) is 29.1. The lowest BCUT2D eigenvalue weighted by atomic mass is 9.80. The summed E-state index contributed by atoms with van der Waals surface area (Å²) in [6.45, 7) is 4.61. The predicted molar refractivity (Wildman–Crippen MR) is 213 cm³/mol. The number of furan rings is 1. The second kappa shape index (κ2) is 11.0. The Bertz CT molecular complexity index is 3030. The average Bonchev–Trinajstić information content (AvgIpc) is 3.83. The van der Waals surface area contributed by atoms with Crippen molar-refractivity contribution in [1.82, 2.24) is 24.5 Å². The molecular formula is C47H31N5O. The summed E-state index contributed by atoms with van der Waals surface area (Å²) in [7, 11) is 0. The summed E-state index contributed by atoms with van der Waals surface area (Å²) in [5, 5.41) is 4.47. The van der Waals surface area contributed by atoms with Crippen molar-refractivity contribution in [3.05, 3.63) is 163 Å². The van der Waals surface area contributed by atoms with E-state index in [0.29, 0.717) is 23.3 Å². The van der Waals surface area contributed by atoms with E-state index in [1.165, 1.54) is 22.3 Å². The van der Waals surface area contributed by atoms with Crippen molar-refractivity contribution in [3.63, 3.8) is 0 Å². The summed E-state index contributed by atoms with van der Waals surface area (Å²) < 4.78 is 8.59. The van der Waals surface area contributed by atoms with Crippen LogP contribution in [0.25, 0.3) is 95.0 Å². The molecule has 10 aromatic rings. The molecule has 53 heavy (non-hydrogen) atoms. The van der Waals surface area contributed by atoms with Crippen LogP contribution >= 0.6 is 0 Å². The molecule has 250 valence electrons. The number of fused-ring (bicyclic) bond motifs is 10. The summed E-state index contributed by atoms with van der Waals surface area (Å²) >= 11 is 0. The van der Waals surface area contributed by atoms with Crippen LogP contribution in [0, 0.1) is 0 Å². The molecule has 1 aliphatic carbocycles. The lowest BCUT2D eigenvalue weighted by Gasteiger charge is -2.24. The van der Waals surface area contributed by atoms with Crippen LogP contribution in [0.5, 0.6) is 0 Å². The van der Waals surface area contributed by atoms with E-state index in [9.17, 15) is 0 Å². The molecule has 6 nitrogen and oxygen atoms in total. The highest BCUT2D eigenvalue weighted by atomic mass is 16.3. The number of rotatable bonds is 4. The van der Waals surface area contributed by atoms with Crippen LogP contribution in [0.4, 0.5) is 0 Å². The van der Waals surface area contributed by atoms with E-state index in [1.807, 2.05) is 42.5 Å². The molecule has 11 rings (SSSR count). The number of benzene rings is 6. The number of para-hydroxylation sites is 3. The summed E-state index contributed by atoms with van der Waals surface area (Å²) in [5.41, 5.74) is 12.0. The maximum atomic E-state index is 6.44. The van der Waals surface area contributed by atoms with Gasteiger partial charge in [0.05, 0.1) is 22.1 Å². The first-order valence-electron chi connectivity index (χ1n) is 17.9. The van der Waals surface area contributed by atoms with Gasteiger partial charge in [-0.3, -0.25) is 4.57 Å². The molecule has 0 radical (unpaired) electrons. The molecule has 0 amide bonds. The molecule has 0 atom stereocenters. The topological polar surface area (TPSA) is 69.6 Å². The minimum atomic E-state index is -0.268. The smallest absolute Gasteiger partial charge is 0.238 e. The third-order valence-electron chi connectivity index (χ3n) is 10.9. The van der Waals surface area contributed by atoms with E-state index in [2.05, 4.69) is 128 Å². The first-order chi connectivity index (χ1) is 26.0. The van der Waals surface area contributed by atoms with Crippen molar-refractivity contribution in [1.29, 1.82) is 0 Å². The molecule has 0 aliphatic heterocycles. The van der Waals surface area contributed by atoms with E-state index in [4.69, 9.17) is 24.4 Å². The highest BCUT2D eigenvalue weighted by Gasteiger charge is 2.40. The molecule has 0 bridgehead atoms. The third-order valence-corrected chi connectivity index (χ3v) is 10.9. The lowest BCUT2D eigenvalue weighted by Crippen LogP contribution is -2.17. The number of nitrogens with zero attached hydrogens (tertiary/aromatic N) is 5. The first-order valence-corrected chi connectivity index (χ1v) is 17.9. The molecule has 4 heterocycles. The monoisotopic (exact) mass is 681 g/mol. The molecule has 1 aliphatic rings. The fourth-order valence-corrected chi connectivity index (χ4v) is 8.45. The van der Waals surface area contributed by atoms with Crippen LogP contribution in [0.15, 0.2) is 156 Å². The second-order valence-electron chi connectivity index (χ2n) is 14.3. The van der Waals surface area contributed by atoms with Crippen LogP contribution in [0.1, 0.15) is 25.0 Å². The van der Waals surface area contributed by atoms with Crippen LogP contribution in [0.2, 0.25) is 0 Å². The second-order valence-corrected chi connectivity index (χ2v) is 14.3. The lowest BCUT2D eigenvalue weighted by molar-refractivity contribution is 0.645. The Hall–Kier alpha value is -6.92. The van der Waals surface area contributed by atoms with Crippen LogP contribution < -0.4 is 0 Å². The molecule has 6 aromatic carbocycles. The fourth-order valence-electron chi connectivity index (χ4n) is 8.45. The van der Waals surface area contributed by atoms with Crippen molar-refractivity contribution >= 4 is 43.9 Å². The minimum Gasteiger partial charge on any atom is -0.438 e. The highest BCUT2D eigenvalue weighted by molar-refractivity contribution is 6.15. The van der Waals surface area contributed by atoms with Crippen molar-refractivity contribution in [2.24, 2.45) is 0 Å². The molecule has 6 heteroatoms. The van der Waals surface area contributed by atoms with E-state index in [0.717, 1.165) is 60.5 Å². The van der Waals surface area contributed by atoms with E-state index >= 15 is 0 Å². The number of hydrogen-bond acceptors (Lipinski definition) is 5. The van der Waals surface area contributed by atoms with E-state index < -0.39 is 0 Å². The largest absolute Gasteiger partial charge is 0.438 e. The first kappa shape index (κ1) is 29.8. The van der Waals surface area contributed by atoms with Gasteiger partial charge in [-0.15, -0.1) is 0 Å². The summed E-state index contributed by atoms with van der Waals surface area (Å²) in [6.07, 6.45) is 0. The number of aromatic nitrogens is 5. The molecule has 0 N–H and O–H groups in total. The Morgan fingerprint density at radius 1 is 0.509 bits per heavy atom. The van der Waals surface area contributed by atoms with Crippen molar-refractivity contribution in [2.75, 3.05) is 0 Å². The van der Waals surface area contributed by atoms with Gasteiger partial charge < -0.3 is 4.42 Å². The molecule has 0 unspecified atom stereocenters. The Balaban J connectivity index is 1.11. The highest BCUT2D eigenvalue weighted by Crippen LogP contribution is 2.55. The standard InChI is InChI=1S/C47H31N5O/c1-47(2)35-20-10-6-18-33(35)39-40-34-19-9-13-23-38(34)53-45(40)48-42(41(39)47)28-24-26-30(27-25-28)44-49-43(29-14-4-3-5-15-29)50-46(51-44)52-36-21-11-7-16-31(36)32-17-8-12-22-37(32)52/h3-27H,1-2H3. The van der Waals surface area contributed by atoms with Gasteiger partial charge >= 0.3 is 0 Å². The number of hydrogen-bond donors (Lipinski definition) is 0. The molecule has 4 aromatic heterocycles. The van der Waals surface area contributed by atoms with Gasteiger partial charge in [-0.1, -0.05) is 147 Å². The minimum absolute atomic E-state index is 0.268. The zero-order chi connectivity index (χ0) is 35.3. The van der Waals surface area contributed by atoms with Crippen molar-refractivity contribution < 1.29 is 4.42 Å². The molecule has 0 spiro atoms. The summed E-state index contributed by atoms with van der Waals surface area (Å²) in [5.74, 6) is 1.79. The Labute approximate surface area is 305 Å². The maximum Gasteiger partial charge on any atom is 0.238 e. The van der Waals surface area contributed by atoms with Gasteiger partial charge in [0.15, 0.2) is 11.6 Å². The molecular weight excluding hydrogens is 651 g/mol. The van der Waals surface area contributed by atoms with Crippen LogP contribution in [-0.4, -0.2) is 24.5 Å². The van der Waals surface area contributed by atoms with E-state index in [-0.39, 0.29) is 5.41 Å².